The predicted molar refractivity (Wildman–Crippen MR) is 64.8 cm³/mol. The average molecular weight is 222 g/mol. The highest BCUT2D eigenvalue weighted by Gasteiger charge is 2.04. The van der Waals surface area contributed by atoms with Crippen molar-refractivity contribution in [1.29, 1.82) is 0 Å². The molecule has 4 heteroatoms. The molecule has 0 fully saturated rings. The minimum atomic E-state index is -0.274. The van der Waals surface area contributed by atoms with E-state index in [9.17, 15) is 4.79 Å². The highest BCUT2D eigenvalue weighted by Crippen LogP contribution is 2.09. The smallest absolute Gasteiger partial charge is 0.338 e. The molecule has 0 aromatic heterocycles. The van der Waals surface area contributed by atoms with Gasteiger partial charge in [-0.05, 0) is 38.2 Å². The molecule has 0 heterocycles. The van der Waals surface area contributed by atoms with Crippen molar-refractivity contribution in [3.8, 4) is 0 Å². The Bertz CT molecular complexity index is 322. The van der Waals surface area contributed by atoms with Gasteiger partial charge in [0.1, 0.15) is 0 Å². The van der Waals surface area contributed by atoms with Crippen LogP contribution in [0.3, 0.4) is 0 Å². The summed E-state index contributed by atoms with van der Waals surface area (Å²) in [5.74, 6) is -0.274. The Balaban J connectivity index is 2.50. The molecule has 0 aliphatic heterocycles. The van der Waals surface area contributed by atoms with Gasteiger partial charge in [0.2, 0.25) is 0 Å². The van der Waals surface area contributed by atoms with Gasteiger partial charge >= 0.3 is 5.97 Å². The first-order chi connectivity index (χ1) is 7.77. The summed E-state index contributed by atoms with van der Waals surface area (Å²) in [5.41, 5.74) is 1.59. The zero-order valence-electron chi connectivity index (χ0n) is 9.75. The summed E-state index contributed by atoms with van der Waals surface area (Å²) >= 11 is 0. The second-order valence-electron chi connectivity index (χ2n) is 3.33. The molecule has 4 nitrogen and oxygen atoms in total. The van der Waals surface area contributed by atoms with Gasteiger partial charge in [-0.3, -0.25) is 0 Å². The number of esters is 1. The monoisotopic (exact) mass is 222 g/mol. The second-order valence-corrected chi connectivity index (χ2v) is 3.33. The van der Waals surface area contributed by atoms with Crippen molar-refractivity contribution < 1.29 is 9.53 Å². The van der Waals surface area contributed by atoms with Crippen molar-refractivity contribution >= 4 is 11.7 Å². The van der Waals surface area contributed by atoms with Crippen LogP contribution < -0.4 is 10.6 Å². The fourth-order valence-electron chi connectivity index (χ4n) is 1.27. The van der Waals surface area contributed by atoms with E-state index < -0.39 is 0 Å². The number of nitrogens with one attached hydrogen (secondary N) is 2. The summed E-state index contributed by atoms with van der Waals surface area (Å²) < 4.78 is 4.90. The highest BCUT2D eigenvalue weighted by molar-refractivity contribution is 5.89. The summed E-state index contributed by atoms with van der Waals surface area (Å²) in [6, 6.07) is 7.28. The van der Waals surface area contributed by atoms with E-state index in [1.165, 1.54) is 0 Å². The van der Waals surface area contributed by atoms with Gasteiger partial charge in [-0.1, -0.05) is 0 Å². The SMILES string of the molecule is CCOC(=O)c1ccc(NCCNC)cc1. The lowest BCUT2D eigenvalue weighted by Gasteiger charge is -2.06. The van der Waals surface area contributed by atoms with Crippen LogP contribution >= 0.6 is 0 Å². The Morgan fingerprint density at radius 2 is 1.94 bits per heavy atom. The van der Waals surface area contributed by atoms with Gasteiger partial charge < -0.3 is 15.4 Å². The molecule has 88 valence electrons. The van der Waals surface area contributed by atoms with E-state index in [1.54, 1.807) is 19.1 Å². The van der Waals surface area contributed by atoms with Crippen LogP contribution in [0.15, 0.2) is 24.3 Å². The summed E-state index contributed by atoms with van der Waals surface area (Å²) in [4.78, 5) is 11.4. The number of ether oxygens (including phenoxy) is 1. The third-order valence-electron chi connectivity index (χ3n) is 2.10. The van der Waals surface area contributed by atoms with E-state index in [-0.39, 0.29) is 5.97 Å². The van der Waals surface area contributed by atoms with Crippen LogP contribution in [0.4, 0.5) is 5.69 Å². The zero-order valence-corrected chi connectivity index (χ0v) is 9.75. The van der Waals surface area contributed by atoms with Crippen molar-refractivity contribution in [1.82, 2.24) is 5.32 Å². The molecule has 2 N–H and O–H groups in total. The molecular formula is C12H18N2O2. The van der Waals surface area contributed by atoms with Crippen molar-refractivity contribution in [3.63, 3.8) is 0 Å². The molecule has 1 aromatic rings. The third kappa shape index (κ3) is 3.90. The Kier molecular flexibility index (Phi) is 5.36. The quantitative estimate of drug-likeness (QED) is 0.565. The topological polar surface area (TPSA) is 50.4 Å². The molecule has 0 radical (unpaired) electrons. The summed E-state index contributed by atoms with van der Waals surface area (Å²) in [5, 5.41) is 6.28. The van der Waals surface area contributed by atoms with Gasteiger partial charge in [-0.15, -0.1) is 0 Å². The van der Waals surface area contributed by atoms with Crippen molar-refractivity contribution in [2.45, 2.75) is 6.92 Å². The molecule has 0 atom stereocenters. The van der Waals surface area contributed by atoms with E-state index in [0.29, 0.717) is 12.2 Å². The van der Waals surface area contributed by atoms with Gasteiger partial charge in [0.05, 0.1) is 12.2 Å². The molecule has 0 spiro atoms. The molecule has 1 rings (SSSR count). The van der Waals surface area contributed by atoms with E-state index >= 15 is 0 Å². The van der Waals surface area contributed by atoms with Crippen LogP contribution in [0, 0.1) is 0 Å². The van der Waals surface area contributed by atoms with Gasteiger partial charge in [0, 0.05) is 18.8 Å². The summed E-state index contributed by atoms with van der Waals surface area (Å²) in [7, 11) is 1.91. The van der Waals surface area contributed by atoms with Gasteiger partial charge in [-0.25, -0.2) is 4.79 Å². The average Bonchev–Trinajstić information content (AvgIpc) is 2.30. The van der Waals surface area contributed by atoms with Crippen molar-refractivity contribution in [2.24, 2.45) is 0 Å². The lowest BCUT2D eigenvalue weighted by atomic mass is 10.2. The molecule has 0 aliphatic carbocycles. The number of hydrogen-bond donors (Lipinski definition) is 2. The second kappa shape index (κ2) is 6.85. The third-order valence-corrected chi connectivity index (χ3v) is 2.10. The Morgan fingerprint density at radius 3 is 2.50 bits per heavy atom. The van der Waals surface area contributed by atoms with E-state index in [1.807, 2.05) is 19.2 Å². The lowest BCUT2D eigenvalue weighted by molar-refractivity contribution is 0.0526. The van der Waals surface area contributed by atoms with E-state index in [0.717, 1.165) is 18.8 Å². The number of likely N-dealkylation sites (N-methyl/N-ethyl adjacent to an activating group) is 1. The minimum Gasteiger partial charge on any atom is -0.462 e. The number of carbonyl (C=O) groups is 1. The molecule has 0 amide bonds. The largest absolute Gasteiger partial charge is 0.462 e. The first-order valence-electron chi connectivity index (χ1n) is 5.43. The number of rotatable bonds is 6. The fourth-order valence-corrected chi connectivity index (χ4v) is 1.27. The van der Waals surface area contributed by atoms with Crippen LogP contribution in [-0.4, -0.2) is 32.7 Å². The van der Waals surface area contributed by atoms with Crippen LogP contribution in [-0.2, 0) is 4.74 Å². The molecule has 0 aliphatic rings. The van der Waals surface area contributed by atoms with Crippen LogP contribution in [0.2, 0.25) is 0 Å². The van der Waals surface area contributed by atoms with Gasteiger partial charge in [0.15, 0.2) is 0 Å². The molecule has 0 saturated heterocycles. The summed E-state index contributed by atoms with van der Waals surface area (Å²) in [6.07, 6.45) is 0. The molecule has 0 unspecified atom stereocenters. The van der Waals surface area contributed by atoms with Gasteiger partial charge in [0.25, 0.3) is 0 Å². The predicted octanol–water partition coefficient (Wildman–Crippen LogP) is 1.49. The maximum atomic E-state index is 11.4. The van der Waals surface area contributed by atoms with E-state index in [4.69, 9.17) is 4.74 Å². The number of benzene rings is 1. The number of hydrogen-bond acceptors (Lipinski definition) is 4. The molecule has 0 bridgehead atoms. The number of anilines is 1. The molecule has 16 heavy (non-hydrogen) atoms. The number of carbonyl (C=O) groups excluding carboxylic acids is 1. The minimum absolute atomic E-state index is 0.274. The van der Waals surface area contributed by atoms with Crippen LogP contribution in [0.1, 0.15) is 17.3 Å². The Labute approximate surface area is 96.0 Å². The molecule has 0 saturated carbocycles. The Hall–Kier alpha value is -1.55. The standard InChI is InChI=1S/C12H18N2O2/c1-3-16-12(15)10-4-6-11(7-5-10)14-9-8-13-2/h4-7,13-14H,3,8-9H2,1-2H3. The van der Waals surface area contributed by atoms with E-state index in [2.05, 4.69) is 10.6 Å². The van der Waals surface area contributed by atoms with Crippen LogP contribution in [0.5, 0.6) is 0 Å². The maximum absolute atomic E-state index is 11.4. The highest BCUT2D eigenvalue weighted by atomic mass is 16.5. The first kappa shape index (κ1) is 12.5. The van der Waals surface area contributed by atoms with Gasteiger partial charge in [-0.2, -0.15) is 0 Å². The molecular weight excluding hydrogens is 204 g/mol. The van der Waals surface area contributed by atoms with Crippen molar-refractivity contribution in [2.75, 3.05) is 32.1 Å². The van der Waals surface area contributed by atoms with Crippen LogP contribution in [0.25, 0.3) is 0 Å². The lowest BCUT2D eigenvalue weighted by Crippen LogP contribution is -2.17. The maximum Gasteiger partial charge on any atom is 0.338 e. The van der Waals surface area contributed by atoms with Crippen molar-refractivity contribution in [3.05, 3.63) is 29.8 Å². The summed E-state index contributed by atoms with van der Waals surface area (Å²) in [6.45, 7) is 3.96. The Morgan fingerprint density at radius 1 is 1.25 bits per heavy atom. The zero-order chi connectivity index (χ0) is 11.8. The normalized spacial score (nSPS) is 9.88. The fraction of sp³-hybridized carbons (Fsp3) is 0.417. The first-order valence-corrected chi connectivity index (χ1v) is 5.43. The molecule has 1 aromatic carbocycles.